The molecular formula is C29H41N5O5. The number of piperidine rings is 1. The van der Waals surface area contributed by atoms with Gasteiger partial charge in [0.05, 0.1) is 12.9 Å². The molecule has 1 aliphatic heterocycles. The number of urea groups is 1. The van der Waals surface area contributed by atoms with E-state index in [4.69, 9.17) is 9.47 Å². The van der Waals surface area contributed by atoms with Crippen LogP contribution in [0.15, 0.2) is 42.9 Å². The molecule has 1 saturated carbocycles. The highest BCUT2D eigenvalue weighted by atomic mass is 16.7. The Morgan fingerprint density at radius 2 is 1.87 bits per heavy atom. The lowest BCUT2D eigenvalue weighted by atomic mass is 9.72. The smallest absolute Gasteiger partial charge is 0.435 e. The number of hydrogen-bond donors (Lipinski definition) is 3. The molecule has 4 rings (SSSR count). The first kappa shape index (κ1) is 28.4. The van der Waals surface area contributed by atoms with E-state index in [-0.39, 0.29) is 24.5 Å². The van der Waals surface area contributed by atoms with Gasteiger partial charge in [0.2, 0.25) is 5.91 Å². The molecule has 2 fully saturated rings. The quantitative estimate of drug-likeness (QED) is 0.392. The van der Waals surface area contributed by atoms with Crippen LogP contribution in [0.5, 0.6) is 0 Å². The predicted molar refractivity (Wildman–Crippen MR) is 146 cm³/mol. The molecule has 1 unspecified atom stereocenters. The van der Waals surface area contributed by atoms with E-state index >= 15 is 0 Å². The zero-order chi connectivity index (χ0) is 27.5. The van der Waals surface area contributed by atoms with E-state index in [1.54, 1.807) is 24.3 Å². The van der Waals surface area contributed by atoms with Crippen molar-refractivity contribution in [2.75, 3.05) is 26.2 Å². The number of benzene rings is 1. The highest BCUT2D eigenvalue weighted by molar-refractivity contribution is 5.87. The third-order valence-electron chi connectivity index (χ3n) is 7.94. The Morgan fingerprint density at radius 3 is 2.54 bits per heavy atom. The van der Waals surface area contributed by atoms with E-state index in [0.29, 0.717) is 45.3 Å². The zero-order valence-corrected chi connectivity index (χ0v) is 22.8. The number of aromatic nitrogens is 2. The Hall–Kier alpha value is -3.56. The van der Waals surface area contributed by atoms with E-state index < -0.39 is 17.8 Å². The van der Waals surface area contributed by atoms with Gasteiger partial charge in [-0.1, -0.05) is 49.6 Å². The molecule has 212 valence electrons. The van der Waals surface area contributed by atoms with Crippen molar-refractivity contribution >= 4 is 18.1 Å². The van der Waals surface area contributed by atoms with Crippen LogP contribution in [-0.4, -0.2) is 70.8 Å². The van der Waals surface area contributed by atoms with E-state index in [9.17, 15) is 14.4 Å². The van der Waals surface area contributed by atoms with Gasteiger partial charge in [0.25, 0.3) is 0 Å². The molecule has 39 heavy (non-hydrogen) atoms. The highest BCUT2D eigenvalue weighted by Gasteiger charge is 2.46. The van der Waals surface area contributed by atoms with E-state index in [1.807, 2.05) is 30.3 Å². The molecule has 0 bridgehead atoms. The van der Waals surface area contributed by atoms with E-state index in [0.717, 1.165) is 36.9 Å². The number of hydrogen-bond acceptors (Lipinski definition) is 6. The molecular weight excluding hydrogens is 498 g/mol. The summed E-state index contributed by atoms with van der Waals surface area (Å²) in [6, 6.07) is 8.58. The predicted octanol–water partition coefficient (Wildman–Crippen LogP) is 3.98. The van der Waals surface area contributed by atoms with Crippen LogP contribution in [0.3, 0.4) is 0 Å². The summed E-state index contributed by atoms with van der Waals surface area (Å²) in [7, 11) is 0. The molecule has 1 atom stereocenters. The van der Waals surface area contributed by atoms with Gasteiger partial charge in [-0.15, -0.1) is 0 Å². The third kappa shape index (κ3) is 7.97. The van der Waals surface area contributed by atoms with Crippen LogP contribution in [0.2, 0.25) is 0 Å². The summed E-state index contributed by atoms with van der Waals surface area (Å²) in [6.07, 6.45) is 10.3. The first-order chi connectivity index (χ1) is 19.0. The summed E-state index contributed by atoms with van der Waals surface area (Å²) in [4.78, 5) is 47.7. The largest absolute Gasteiger partial charge is 0.508 e. The van der Waals surface area contributed by atoms with Gasteiger partial charge in [-0.3, -0.25) is 4.79 Å². The summed E-state index contributed by atoms with van der Waals surface area (Å²) in [5.41, 5.74) is 1.27. The second kappa shape index (κ2) is 14.0. The van der Waals surface area contributed by atoms with Crippen molar-refractivity contribution in [3.8, 4) is 0 Å². The van der Waals surface area contributed by atoms with Crippen molar-refractivity contribution in [3.63, 3.8) is 0 Å². The van der Waals surface area contributed by atoms with Crippen molar-refractivity contribution < 1.29 is 23.9 Å². The molecule has 1 aromatic carbocycles. The molecule has 0 spiro atoms. The number of ether oxygens (including phenoxy) is 2. The van der Waals surface area contributed by atoms with Gasteiger partial charge in [-0.05, 0) is 31.2 Å². The number of carbonyl (C=O) groups is 3. The van der Waals surface area contributed by atoms with Crippen LogP contribution in [0, 0.1) is 5.92 Å². The molecule has 1 aromatic heterocycles. The average Bonchev–Trinajstić information content (AvgIpc) is 3.47. The molecule has 1 aliphatic carbocycles. The lowest BCUT2D eigenvalue weighted by Crippen LogP contribution is -2.58. The maximum atomic E-state index is 13.7. The standard InChI is InChI=1S/C29H41N5O5/c1-2-38-28(37)39-29(23-11-7-4-8-12-23)14-17-34(18-15-29)26(35)25(19-22-9-5-3-6-10-22)33-27(36)31-16-13-24-20-30-21-32-24/h3,5-6,9-10,20-21,23,25H,2,4,7-8,11-19H2,1H3,(H,30,32)(H2,31,33,36). The van der Waals surface area contributed by atoms with Crippen LogP contribution < -0.4 is 10.6 Å². The Balaban J connectivity index is 1.40. The first-order valence-corrected chi connectivity index (χ1v) is 14.2. The van der Waals surface area contributed by atoms with E-state index in [2.05, 4.69) is 20.6 Å². The topological polar surface area (TPSA) is 126 Å². The summed E-state index contributed by atoms with van der Waals surface area (Å²) >= 11 is 0. The minimum Gasteiger partial charge on any atom is -0.435 e. The van der Waals surface area contributed by atoms with Crippen LogP contribution in [0.1, 0.15) is 63.1 Å². The van der Waals surface area contributed by atoms with Gasteiger partial charge >= 0.3 is 12.2 Å². The number of rotatable bonds is 10. The molecule has 3 N–H and O–H groups in total. The Kier molecular flexibility index (Phi) is 10.2. The molecule has 2 aliphatic rings. The zero-order valence-electron chi connectivity index (χ0n) is 22.8. The van der Waals surface area contributed by atoms with Crippen LogP contribution >= 0.6 is 0 Å². The van der Waals surface area contributed by atoms with Crippen molar-refractivity contribution in [3.05, 3.63) is 54.1 Å². The SMILES string of the molecule is CCOC(=O)OC1(C2CCCCC2)CCN(C(=O)C(Cc2ccccc2)NC(=O)NCCc2cnc[nH]2)CC1. The summed E-state index contributed by atoms with van der Waals surface area (Å²) in [5.74, 6) is 0.141. The van der Waals surface area contributed by atoms with Gasteiger partial charge in [-0.25, -0.2) is 14.6 Å². The van der Waals surface area contributed by atoms with Gasteiger partial charge in [-0.2, -0.15) is 0 Å². The number of imidazole rings is 1. The molecule has 10 heteroatoms. The number of carbonyl (C=O) groups excluding carboxylic acids is 3. The molecule has 3 amide bonds. The maximum Gasteiger partial charge on any atom is 0.508 e. The molecule has 0 radical (unpaired) electrons. The van der Waals surface area contributed by atoms with Gasteiger partial charge in [0, 0.05) is 57.2 Å². The number of H-pyrrole nitrogens is 1. The summed E-state index contributed by atoms with van der Waals surface area (Å²) in [5, 5.41) is 5.75. The first-order valence-electron chi connectivity index (χ1n) is 14.2. The normalized spacial score (nSPS) is 18.1. The highest BCUT2D eigenvalue weighted by Crippen LogP contribution is 2.42. The van der Waals surface area contributed by atoms with Gasteiger partial charge in [0.15, 0.2) is 0 Å². The third-order valence-corrected chi connectivity index (χ3v) is 7.94. The number of likely N-dealkylation sites (tertiary alicyclic amines) is 1. The molecule has 2 aromatic rings. The van der Waals surface area contributed by atoms with Crippen LogP contribution in [0.4, 0.5) is 9.59 Å². The van der Waals surface area contributed by atoms with Gasteiger partial charge < -0.3 is 30.0 Å². The minimum absolute atomic E-state index is 0.129. The molecule has 10 nitrogen and oxygen atoms in total. The van der Waals surface area contributed by atoms with Crippen LogP contribution in [0.25, 0.3) is 0 Å². The number of amides is 3. The second-order valence-electron chi connectivity index (χ2n) is 10.5. The fourth-order valence-electron chi connectivity index (χ4n) is 5.85. The average molecular weight is 540 g/mol. The monoisotopic (exact) mass is 539 g/mol. The van der Waals surface area contributed by atoms with Crippen molar-refractivity contribution in [1.29, 1.82) is 0 Å². The minimum atomic E-state index is -0.715. The maximum absolute atomic E-state index is 13.7. The Bertz CT molecular complexity index is 1050. The van der Waals surface area contributed by atoms with E-state index in [1.165, 1.54) is 6.42 Å². The van der Waals surface area contributed by atoms with Crippen molar-refractivity contribution in [2.24, 2.45) is 5.92 Å². The van der Waals surface area contributed by atoms with Crippen molar-refractivity contribution in [2.45, 2.75) is 76.4 Å². The van der Waals surface area contributed by atoms with Gasteiger partial charge in [0.1, 0.15) is 11.6 Å². The Morgan fingerprint density at radius 1 is 1.13 bits per heavy atom. The number of nitrogens with one attached hydrogen (secondary N) is 3. The lowest BCUT2D eigenvalue weighted by Gasteiger charge is -2.47. The Labute approximate surface area is 230 Å². The second-order valence-corrected chi connectivity index (χ2v) is 10.5. The molecule has 1 saturated heterocycles. The van der Waals surface area contributed by atoms with Crippen molar-refractivity contribution in [1.82, 2.24) is 25.5 Å². The fraction of sp³-hybridized carbons (Fsp3) is 0.586. The molecule has 2 heterocycles. The lowest BCUT2D eigenvalue weighted by molar-refractivity contribution is -0.143. The number of aromatic amines is 1. The number of nitrogens with zero attached hydrogens (tertiary/aromatic N) is 2. The summed E-state index contributed by atoms with van der Waals surface area (Å²) in [6.45, 7) is 3.37. The summed E-state index contributed by atoms with van der Waals surface area (Å²) < 4.78 is 11.1. The van der Waals surface area contributed by atoms with Crippen LogP contribution in [-0.2, 0) is 27.1 Å². The fourth-order valence-corrected chi connectivity index (χ4v) is 5.85.